The molecule has 2 heteroatoms. The largest absolute Gasteiger partial charge is 0.381 e. The van der Waals surface area contributed by atoms with Gasteiger partial charge < -0.3 is 10.1 Å². The minimum atomic E-state index is 0.352. The van der Waals surface area contributed by atoms with Gasteiger partial charge in [0.05, 0.1) is 6.61 Å². The van der Waals surface area contributed by atoms with Gasteiger partial charge in [0.25, 0.3) is 0 Å². The summed E-state index contributed by atoms with van der Waals surface area (Å²) in [6.45, 7) is 9.29. The van der Waals surface area contributed by atoms with Crippen LogP contribution in [0.4, 0.5) is 0 Å². The quantitative estimate of drug-likeness (QED) is 0.636. The molecule has 0 aliphatic heterocycles. The summed E-state index contributed by atoms with van der Waals surface area (Å²) in [5, 5.41) is 3.24. The van der Waals surface area contributed by atoms with E-state index < -0.39 is 0 Å². The number of hydrogen-bond acceptors (Lipinski definition) is 2. The van der Waals surface area contributed by atoms with Crippen LogP contribution in [0, 0.1) is 5.41 Å². The van der Waals surface area contributed by atoms with Gasteiger partial charge in [0.1, 0.15) is 0 Å². The molecule has 0 saturated carbocycles. The van der Waals surface area contributed by atoms with E-state index in [2.05, 4.69) is 26.1 Å². The van der Waals surface area contributed by atoms with Crippen molar-refractivity contribution < 1.29 is 4.74 Å². The van der Waals surface area contributed by atoms with Crippen molar-refractivity contribution in [3.05, 3.63) is 0 Å². The van der Waals surface area contributed by atoms with Crippen molar-refractivity contribution in [2.75, 3.05) is 26.8 Å². The average molecular weight is 173 g/mol. The molecule has 0 aromatic heterocycles. The molecule has 0 amide bonds. The normalized spacial score (nSPS) is 12.0. The van der Waals surface area contributed by atoms with Gasteiger partial charge >= 0.3 is 0 Å². The predicted molar refractivity (Wildman–Crippen MR) is 53.4 cm³/mol. The molecule has 2 nitrogen and oxygen atoms in total. The molecule has 0 aromatic carbocycles. The third-order valence-corrected chi connectivity index (χ3v) is 2.66. The van der Waals surface area contributed by atoms with Crippen molar-refractivity contribution in [3.8, 4) is 0 Å². The Bertz CT molecular complexity index is 100. The Morgan fingerprint density at radius 3 is 2.08 bits per heavy atom. The van der Waals surface area contributed by atoms with E-state index in [1.54, 1.807) is 0 Å². The first-order chi connectivity index (χ1) is 5.74. The zero-order valence-electron chi connectivity index (χ0n) is 8.94. The van der Waals surface area contributed by atoms with Crippen molar-refractivity contribution in [1.82, 2.24) is 5.32 Å². The van der Waals surface area contributed by atoms with Crippen LogP contribution in [0.1, 0.15) is 33.6 Å². The summed E-state index contributed by atoms with van der Waals surface area (Å²) < 4.78 is 5.49. The number of nitrogens with one attached hydrogen (secondary N) is 1. The first kappa shape index (κ1) is 11.9. The highest BCUT2D eigenvalue weighted by Crippen LogP contribution is 2.25. The zero-order valence-corrected chi connectivity index (χ0v) is 8.94. The minimum absolute atomic E-state index is 0.352. The van der Waals surface area contributed by atoms with E-state index in [9.17, 15) is 0 Å². The number of rotatable bonds is 7. The molecule has 0 saturated heterocycles. The van der Waals surface area contributed by atoms with Gasteiger partial charge in [-0.1, -0.05) is 13.8 Å². The van der Waals surface area contributed by atoms with Gasteiger partial charge in [-0.05, 0) is 26.8 Å². The summed E-state index contributed by atoms with van der Waals surface area (Å²) in [5.41, 5.74) is 0.352. The Morgan fingerprint density at radius 2 is 1.75 bits per heavy atom. The maximum absolute atomic E-state index is 5.49. The number of hydrogen-bond donors (Lipinski definition) is 1. The van der Waals surface area contributed by atoms with Crippen LogP contribution in [0.3, 0.4) is 0 Å². The van der Waals surface area contributed by atoms with Crippen LogP contribution in [-0.2, 0) is 4.74 Å². The third kappa shape index (κ3) is 3.55. The van der Waals surface area contributed by atoms with Crippen molar-refractivity contribution in [2.45, 2.75) is 33.6 Å². The zero-order chi connectivity index (χ0) is 9.45. The van der Waals surface area contributed by atoms with Crippen LogP contribution in [0.25, 0.3) is 0 Å². The van der Waals surface area contributed by atoms with Crippen LogP contribution in [0.5, 0.6) is 0 Å². The number of ether oxygens (including phenoxy) is 1. The molecule has 0 aliphatic rings. The molecule has 0 fully saturated rings. The fraction of sp³-hybridized carbons (Fsp3) is 1.00. The predicted octanol–water partition coefficient (Wildman–Crippen LogP) is 2.05. The highest BCUT2D eigenvalue weighted by atomic mass is 16.5. The first-order valence-corrected chi connectivity index (χ1v) is 4.97. The molecule has 1 N–H and O–H groups in total. The smallest absolute Gasteiger partial charge is 0.0534 e. The van der Waals surface area contributed by atoms with Gasteiger partial charge in [0.15, 0.2) is 0 Å². The topological polar surface area (TPSA) is 21.3 Å². The second-order valence-electron chi connectivity index (χ2n) is 3.37. The third-order valence-electron chi connectivity index (χ3n) is 2.66. The Kier molecular flexibility index (Phi) is 6.39. The van der Waals surface area contributed by atoms with E-state index in [4.69, 9.17) is 4.74 Å². The maximum atomic E-state index is 5.49. The fourth-order valence-electron chi connectivity index (χ4n) is 1.45. The summed E-state index contributed by atoms with van der Waals surface area (Å²) >= 11 is 0. The van der Waals surface area contributed by atoms with E-state index in [-0.39, 0.29) is 0 Å². The molecule has 0 radical (unpaired) electrons. The molecule has 12 heavy (non-hydrogen) atoms. The van der Waals surface area contributed by atoms with Crippen LogP contribution >= 0.6 is 0 Å². The first-order valence-electron chi connectivity index (χ1n) is 4.97. The van der Waals surface area contributed by atoms with Crippen molar-refractivity contribution in [2.24, 2.45) is 5.41 Å². The molecule has 0 rings (SSSR count). The van der Waals surface area contributed by atoms with Crippen molar-refractivity contribution in [3.63, 3.8) is 0 Å². The van der Waals surface area contributed by atoms with Gasteiger partial charge in [-0.25, -0.2) is 0 Å². The molecule has 0 heterocycles. The van der Waals surface area contributed by atoms with Crippen LogP contribution in [0.2, 0.25) is 0 Å². The molecule has 0 aliphatic carbocycles. The second-order valence-corrected chi connectivity index (χ2v) is 3.37. The minimum Gasteiger partial charge on any atom is -0.381 e. The van der Waals surface area contributed by atoms with Crippen molar-refractivity contribution >= 4 is 0 Å². The summed E-state index contributed by atoms with van der Waals surface area (Å²) in [6, 6.07) is 0. The Labute approximate surface area is 76.7 Å². The Hall–Kier alpha value is -0.0800. The van der Waals surface area contributed by atoms with Gasteiger partial charge in [0.2, 0.25) is 0 Å². The molecule has 74 valence electrons. The lowest BCUT2D eigenvalue weighted by molar-refractivity contribution is 0.0457. The van der Waals surface area contributed by atoms with E-state index in [0.717, 1.165) is 19.8 Å². The van der Waals surface area contributed by atoms with Gasteiger partial charge in [-0.15, -0.1) is 0 Å². The molecule has 0 atom stereocenters. The standard InChI is InChI=1S/C10H23NO/c1-5-10(6-2,8-11-4)9-12-7-3/h11H,5-9H2,1-4H3. The highest BCUT2D eigenvalue weighted by Gasteiger charge is 2.25. The average Bonchev–Trinajstić information content (AvgIpc) is 2.13. The molecule has 0 aromatic rings. The SMILES string of the molecule is CCOCC(CC)(CC)CNC. The monoisotopic (exact) mass is 173 g/mol. The van der Waals surface area contributed by atoms with Crippen LogP contribution in [-0.4, -0.2) is 26.8 Å². The van der Waals surface area contributed by atoms with E-state index >= 15 is 0 Å². The van der Waals surface area contributed by atoms with Gasteiger partial charge in [-0.2, -0.15) is 0 Å². The fourth-order valence-corrected chi connectivity index (χ4v) is 1.45. The lowest BCUT2D eigenvalue weighted by Gasteiger charge is -2.30. The lowest BCUT2D eigenvalue weighted by atomic mass is 9.83. The van der Waals surface area contributed by atoms with Gasteiger partial charge in [0, 0.05) is 18.6 Å². The molecule has 0 unspecified atom stereocenters. The Balaban J connectivity index is 3.95. The maximum Gasteiger partial charge on any atom is 0.0534 e. The second kappa shape index (κ2) is 6.44. The van der Waals surface area contributed by atoms with E-state index in [1.165, 1.54) is 12.8 Å². The molecule has 0 bridgehead atoms. The van der Waals surface area contributed by atoms with Crippen LogP contribution in [0.15, 0.2) is 0 Å². The summed E-state index contributed by atoms with van der Waals surface area (Å²) in [4.78, 5) is 0. The van der Waals surface area contributed by atoms with Gasteiger partial charge in [-0.3, -0.25) is 0 Å². The highest BCUT2D eigenvalue weighted by molar-refractivity contribution is 4.77. The molecule has 0 spiro atoms. The van der Waals surface area contributed by atoms with E-state index in [0.29, 0.717) is 5.41 Å². The summed E-state index contributed by atoms with van der Waals surface area (Å²) in [7, 11) is 2.01. The van der Waals surface area contributed by atoms with E-state index in [1.807, 2.05) is 7.05 Å². The molecular formula is C10H23NO. The molecular weight excluding hydrogens is 150 g/mol. The van der Waals surface area contributed by atoms with Crippen molar-refractivity contribution in [1.29, 1.82) is 0 Å². The summed E-state index contributed by atoms with van der Waals surface area (Å²) in [5.74, 6) is 0. The Morgan fingerprint density at radius 1 is 1.17 bits per heavy atom. The van der Waals surface area contributed by atoms with Crippen LogP contribution < -0.4 is 5.32 Å². The lowest BCUT2D eigenvalue weighted by Crippen LogP contribution is -2.35. The summed E-state index contributed by atoms with van der Waals surface area (Å²) in [6.07, 6.45) is 2.37.